The Kier molecular flexibility index (Phi) is 6.71. The van der Waals surface area contributed by atoms with Gasteiger partial charge in [0.1, 0.15) is 12.1 Å². The number of hydrogen-bond donors (Lipinski definition) is 3. The second kappa shape index (κ2) is 10.6. The van der Waals surface area contributed by atoms with Crippen LogP contribution in [0.3, 0.4) is 0 Å². The van der Waals surface area contributed by atoms with E-state index in [0.29, 0.717) is 35.6 Å². The van der Waals surface area contributed by atoms with Crippen LogP contribution in [-0.4, -0.2) is 37.7 Å². The number of hydrogen-bond acceptors (Lipinski definition) is 8. The second-order valence-corrected chi connectivity index (χ2v) is 8.05. The van der Waals surface area contributed by atoms with Gasteiger partial charge in [-0.3, -0.25) is 9.48 Å². The van der Waals surface area contributed by atoms with Gasteiger partial charge in [0.15, 0.2) is 0 Å². The van der Waals surface area contributed by atoms with Gasteiger partial charge >= 0.3 is 0 Å². The van der Waals surface area contributed by atoms with Gasteiger partial charge in [0, 0.05) is 16.8 Å². The van der Waals surface area contributed by atoms with Crippen molar-refractivity contribution in [1.29, 1.82) is 0 Å². The van der Waals surface area contributed by atoms with E-state index < -0.39 is 0 Å². The first-order valence-electron chi connectivity index (χ1n) is 11.5. The van der Waals surface area contributed by atoms with Crippen LogP contribution in [0.25, 0.3) is 10.9 Å². The van der Waals surface area contributed by atoms with Crippen molar-refractivity contribution in [2.45, 2.75) is 6.54 Å². The Morgan fingerprint density at radius 3 is 2.46 bits per heavy atom. The Bertz CT molecular complexity index is 1570. The van der Waals surface area contributed by atoms with E-state index in [9.17, 15) is 4.79 Å². The van der Waals surface area contributed by atoms with Gasteiger partial charge in [-0.2, -0.15) is 10.1 Å². The summed E-state index contributed by atoms with van der Waals surface area (Å²) in [4.78, 5) is 24.6. The van der Waals surface area contributed by atoms with Crippen LogP contribution in [0, 0.1) is 0 Å². The first kappa shape index (κ1) is 23.5. The predicted octanol–water partition coefficient (Wildman–Crippen LogP) is 4.89. The summed E-state index contributed by atoms with van der Waals surface area (Å²) in [5.74, 6) is 0.883. The van der Waals surface area contributed by atoms with Crippen molar-refractivity contribution >= 4 is 45.8 Å². The van der Waals surface area contributed by atoms with Crippen molar-refractivity contribution in [3.05, 3.63) is 97.5 Å². The largest absolute Gasteiger partial charge is 0.495 e. The molecule has 0 atom stereocenters. The minimum Gasteiger partial charge on any atom is -0.495 e. The zero-order chi connectivity index (χ0) is 25.6. The standard InChI is InChI=1S/C27H24N8O2/c1-3-25(36)33-22-14-21(10-12-24(22)37-2)32-27-29-17-28-26(34-27)31-20-9-11-23-19(13-20)15-30-35(23)16-18-7-5-4-6-8-18/h3-15,17H,1,16H2,2H3,(H,33,36)(H2,28,29,31,32,34). The number of anilines is 5. The van der Waals surface area contributed by atoms with Crippen LogP contribution in [0.15, 0.2) is 91.9 Å². The van der Waals surface area contributed by atoms with Crippen molar-refractivity contribution in [3.63, 3.8) is 0 Å². The molecule has 0 aliphatic carbocycles. The molecule has 0 saturated carbocycles. The summed E-state index contributed by atoms with van der Waals surface area (Å²) in [5, 5.41) is 14.6. The average molecular weight is 493 g/mol. The number of amides is 1. The number of nitrogens with zero attached hydrogens (tertiary/aromatic N) is 5. The molecule has 0 saturated heterocycles. The molecule has 0 aliphatic heterocycles. The Morgan fingerprint density at radius 1 is 1.00 bits per heavy atom. The molecule has 10 heteroatoms. The SMILES string of the molecule is C=CC(=O)Nc1cc(Nc2ncnc(Nc3ccc4c(cnn4Cc4ccccc4)c3)n2)ccc1OC. The van der Waals surface area contributed by atoms with Gasteiger partial charge in [-0.1, -0.05) is 36.9 Å². The summed E-state index contributed by atoms with van der Waals surface area (Å²) in [6, 6.07) is 21.4. The van der Waals surface area contributed by atoms with Crippen molar-refractivity contribution < 1.29 is 9.53 Å². The van der Waals surface area contributed by atoms with E-state index in [1.807, 2.05) is 47.3 Å². The summed E-state index contributed by atoms with van der Waals surface area (Å²) >= 11 is 0. The van der Waals surface area contributed by atoms with E-state index in [2.05, 4.69) is 54.7 Å². The lowest BCUT2D eigenvalue weighted by Gasteiger charge is -2.12. The Morgan fingerprint density at radius 2 is 1.73 bits per heavy atom. The molecule has 0 unspecified atom stereocenters. The number of rotatable bonds is 9. The number of benzene rings is 3. The number of fused-ring (bicyclic) bond motifs is 1. The van der Waals surface area contributed by atoms with E-state index >= 15 is 0 Å². The number of aromatic nitrogens is 5. The molecule has 0 fully saturated rings. The number of ether oxygens (including phenoxy) is 1. The zero-order valence-electron chi connectivity index (χ0n) is 20.0. The molecule has 0 aliphatic rings. The summed E-state index contributed by atoms with van der Waals surface area (Å²) in [6.45, 7) is 4.17. The lowest BCUT2D eigenvalue weighted by molar-refractivity contribution is -0.111. The molecular weight excluding hydrogens is 468 g/mol. The van der Waals surface area contributed by atoms with E-state index in [-0.39, 0.29) is 5.91 Å². The third-order valence-corrected chi connectivity index (χ3v) is 5.54. The van der Waals surface area contributed by atoms with Crippen LogP contribution in [0.5, 0.6) is 5.75 Å². The number of carbonyl (C=O) groups excluding carboxylic acids is 1. The molecule has 5 rings (SSSR count). The second-order valence-electron chi connectivity index (χ2n) is 8.05. The highest BCUT2D eigenvalue weighted by Gasteiger charge is 2.10. The van der Waals surface area contributed by atoms with Gasteiger partial charge in [-0.15, -0.1) is 0 Å². The van der Waals surface area contributed by atoms with Crippen molar-refractivity contribution in [2.75, 3.05) is 23.1 Å². The molecule has 184 valence electrons. The molecule has 2 heterocycles. The number of carbonyl (C=O) groups is 1. The number of methoxy groups -OCH3 is 1. The van der Waals surface area contributed by atoms with Crippen LogP contribution in [0.2, 0.25) is 0 Å². The Balaban J connectivity index is 1.31. The molecule has 5 aromatic rings. The lowest BCUT2D eigenvalue weighted by Crippen LogP contribution is -2.09. The quantitative estimate of drug-likeness (QED) is 0.249. The third kappa shape index (κ3) is 5.54. The van der Waals surface area contributed by atoms with Gasteiger partial charge in [0.05, 0.1) is 31.1 Å². The predicted molar refractivity (Wildman–Crippen MR) is 143 cm³/mol. The normalized spacial score (nSPS) is 10.6. The topological polar surface area (TPSA) is 119 Å². The third-order valence-electron chi connectivity index (χ3n) is 5.54. The smallest absolute Gasteiger partial charge is 0.247 e. The van der Waals surface area contributed by atoms with Crippen molar-refractivity contribution in [1.82, 2.24) is 24.7 Å². The highest BCUT2D eigenvalue weighted by atomic mass is 16.5. The highest BCUT2D eigenvalue weighted by Crippen LogP contribution is 2.29. The fraction of sp³-hybridized carbons (Fsp3) is 0.0741. The minimum atomic E-state index is -0.343. The summed E-state index contributed by atoms with van der Waals surface area (Å²) in [7, 11) is 1.53. The maximum atomic E-state index is 11.8. The van der Waals surface area contributed by atoms with Gasteiger partial charge in [0.2, 0.25) is 17.8 Å². The van der Waals surface area contributed by atoms with Crippen LogP contribution in [0.4, 0.5) is 29.0 Å². The summed E-state index contributed by atoms with van der Waals surface area (Å²) in [6.07, 6.45) is 4.45. The van der Waals surface area contributed by atoms with Crippen LogP contribution in [0.1, 0.15) is 5.56 Å². The summed E-state index contributed by atoms with van der Waals surface area (Å²) < 4.78 is 7.28. The van der Waals surface area contributed by atoms with E-state index in [0.717, 1.165) is 16.6 Å². The lowest BCUT2D eigenvalue weighted by atomic mass is 10.2. The van der Waals surface area contributed by atoms with Crippen molar-refractivity contribution in [2.24, 2.45) is 0 Å². The first-order valence-corrected chi connectivity index (χ1v) is 11.5. The molecular formula is C27H24N8O2. The van der Waals surface area contributed by atoms with Crippen molar-refractivity contribution in [3.8, 4) is 5.75 Å². The monoisotopic (exact) mass is 492 g/mol. The van der Waals surface area contributed by atoms with Gasteiger partial charge < -0.3 is 20.7 Å². The fourth-order valence-corrected chi connectivity index (χ4v) is 3.79. The molecule has 0 spiro atoms. The van der Waals surface area contributed by atoms with Gasteiger partial charge in [0.25, 0.3) is 0 Å². The van der Waals surface area contributed by atoms with E-state index in [1.165, 1.54) is 25.1 Å². The molecule has 0 bridgehead atoms. The van der Waals surface area contributed by atoms with Crippen LogP contribution >= 0.6 is 0 Å². The number of nitrogens with one attached hydrogen (secondary N) is 3. The Hall–Kier alpha value is -5.25. The molecule has 2 aromatic heterocycles. The molecule has 1 amide bonds. The zero-order valence-corrected chi connectivity index (χ0v) is 20.0. The van der Waals surface area contributed by atoms with Gasteiger partial charge in [-0.05, 0) is 48.0 Å². The molecule has 3 aromatic carbocycles. The van der Waals surface area contributed by atoms with Gasteiger partial charge in [-0.25, -0.2) is 9.97 Å². The van der Waals surface area contributed by atoms with Crippen LogP contribution in [-0.2, 0) is 11.3 Å². The molecule has 0 radical (unpaired) electrons. The Labute approximate surface area is 213 Å². The maximum absolute atomic E-state index is 11.8. The van der Waals surface area contributed by atoms with Crippen LogP contribution < -0.4 is 20.7 Å². The molecule has 3 N–H and O–H groups in total. The molecule has 37 heavy (non-hydrogen) atoms. The first-order chi connectivity index (χ1) is 18.1. The minimum absolute atomic E-state index is 0.334. The molecule has 10 nitrogen and oxygen atoms in total. The maximum Gasteiger partial charge on any atom is 0.247 e. The fourth-order valence-electron chi connectivity index (χ4n) is 3.79. The van der Waals surface area contributed by atoms with E-state index in [4.69, 9.17) is 4.74 Å². The summed E-state index contributed by atoms with van der Waals surface area (Å²) in [5.41, 5.74) is 4.19. The highest BCUT2D eigenvalue weighted by molar-refractivity contribution is 6.00. The van der Waals surface area contributed by atoms with E-state index in [1.54, 1.807) is 18.2 Å². The average Bonchev–Trinajstić information content (AvgIpc) is 3.31.